The Morgan fingerprint density at radius 1 is 0.765 bits per heavy atom. The Morgan fingerprint density at radius 3 is 1.56 bits per heavy atom. The molecule has 6 heteroatoms. The van der Waals surface area contributed by atoms with Gasteiger partial charge in [0.2, 0.25) is 0 Å². The number of hydrogen-bond acceptors (Lipinski definition) is 5. The third-order valence-electron chi connectivity index (χ3n) is 5.88. The number of non-ortho nitro benzene ring substituents is 1. The number of nitrogens with two attached hydrogens (primary N) is 1. The standard InChI is InChI=1S/C28H26N2O4/c29-26(27(31)21-16-18-25(19-17-21)30(32)33)20-34-28(22-10-4-1-5-11-22,23-12-6-2-7-13-23)24-14-8-3-9-15-24/h1-19,26-27,31H,20,29H2/t26-,27-/m0/s1. The minimum atomic E-state index is -1.05. The number of hydrogen-bond donors (Lipinski definition) is 2. The van der Waals surface area contributed by atoms with Crippen LogP contribution < -0.4 is 5.73 Å². The zero-order chi connectivity index (χ0) is 24.0. The smallest absolute Gasteiger partial charge is 0.269 e. The summed E-state index contributed by atoms with van der Waals surface area (Å²) in [5, 5.41) is 21.8. The summed E-state index contributed by atoms with van der Waals surface area (Å²) in [5.41, 5.74) is 8.68. The lowest BCUT2D eigenvalue weighted by atomic mass is 9.80. The molecule has 0 amide bonds. The molecule has 0 aromatic heterocycles. The maximum atomic E-state index is 10.9. The van der Waals surface area contributed by atoms with Crippen LogP contribution in [0.3, 0.4) is 0 Å². The SMILES string of the molecule is N[C@@H](COC(c1ccccc1)(c1ccccc1)c1ccccc1)[C@@H](O)c1ccc([N+](=O)[O-])cc1. The lowest BCUT2D eigenvalue weighted by Crippen LogP contribution is -2.40. The van der Waals surface area contributed by atoms with Crippen molar-refractivity contribution in [1.29, 1.82) is 0 Å². The molecular formula is C28H26N2O4. The molecular weight excluding hydrogens is 428 g/mol. The van der Waals surface area contributed by atoms with E-state index < -0.39 is 22.7 Å². The van der Waals surface area contributed by atoms with Crippen LogP contribution in [-0.2, 0) is 10.3 Å². The predicted molar refractivity (Wildman–Crippen MR) is 131 cm³/mol. The van der Waals surface area contributed by atoms with Gasteiger partial charge >= 0.3 is 0 Å². The molecule has 0 saturated carbocycles. The van der Waals surface area contributed by atoms with Crippen LogP contribution in [-0.4, -0.2) is 22.7 Å². The fourth-order valence-corrected chi connectivity index (χ4v) is 4.12. The third-order valence-corrected chi connectivity index (χ3v) is 5.88. The highest BCUT2D eigenvalue weighted by atomic mass is 16.6. The summed E-state index contributed by atoms with van der Waals surface area (Å²) in [6.07, 6.45) is -1.05. The van der Waals surface area contributed by atoms with Gasteiger partial charge in [-0.3, -0.25) is 10.1 Å². The van der Waals surface area contributed by atoms with Crippen molar-refractivity contribution in [2.75, 3.05) is 6.61 Å². The number of nitrogens with zero attached hydrogens (tertiary/aromatic N) is 1. The van der Waals surface area contributed by atoms with Gasteiger partial charge in [-0.2, -0.15) is 0 Å². The van der Waals surface area contributed by atoms with Crippen molar-refractivity contribution < 1.29 is 14.8 Å². The first kappa shape index (κ1) is 23.3. The molecule has 0 fully saturated rings. The van der Waals surface area contributed by atoms with Crippen molar-refractivity contribution in [3.8, 4) is 0 Å². The van der Waals surface area contributed by atoms with Gasteiger partial charge in [0.05, 0.1) is 23.7 Å². The van der Waals surface area contributed by atoms with Crippen LogP contribution in [0, 0.1) is 10.1 Å². The van der Waals surface area contributed by atoms with E-state index in [4.69, 9.17) is 10.5 Å². The van der Waals surface area contributed by atoms with E-state index in [9.17, 15) is 15.2 Å². The zero-order valence-electron chi connectivity index (χ0n) is 18.5. The van der Waals surface area contributed by atoms with Crippen molar-refractivity contribution in [2.24, 2.45) is 5.73 Å². The summed E-state index contributed by atoms with van der Waals surface area (Å²) in [7, 11) is 0. The van der Waals surface area contributed by atoms with Gasteiger partial charge in [0.25, 0.3) is 5.69 Å². The van der Waals surface area contributed by atoms with E-state index in [1.807, 2.05) is 91.0 Å². The monoisotopic (exact) mass is 454 g/mol. The van der Waals surface area contributed by atoms with Crippen LogP contribution in [0.1, 0.15) is 28.4 Å². The molecule has 4 rings (SSSR count). The fraction of sp³-hybridized carbons (Fsp3) is 0.143. The molecule has 0 unspecified atom stereocenters. The van der Waals surface area contributed by atoms with Crippen LogP contribution in [0.4, 0.5) is 5.69 Å². The largest absolute Gasteiger partial charge is 0.387 e. The molecule has 6 nitrogen and oxygen atoms in total. The van der Waals surface area contributed by atoms with E-state index >= 15 is 0 Å². The zero-order valence-corrected chi connectivity index (χ0v) is 18.5. The highest BCUT2D eigenvalue weighted by molar-refractivity contribution is 5.47. The molecule has 0 aliphatic heterocycles. The third kappa shape index (κ3) is 4.75. The van der Waals surface area contributed by atoms with Crippen molar-refractivity contribution >= 4 is 5.69 Å². The van der Waals surface area contributed by atoms with Gasteiger partial charge in [0.1, 0.15) is 5.60 Å². The minimum Gasteiger partial charge on any atom is -0.387 e. The summed E-state index contributed by atoms with van der Waals surface area (Å²) < 4.78 is 6.66. The van der Waals surface area contributed by atoms with Gasteiger partial charge in [0.15, 0.2) is 0 Å². The van der Waals surface area contributed by atoms with Crippen LogP contribution in [0.2, 0.25) is 0 Å². The molecule has 0 heterocycles. The number of rotatable bonds is 9. The molecule has 0 radical (unpaired) electrons. The van der Waals surface area contributed by atoms with E-state index in [1.54, 1.807) is 0 Å². The van der Waals surface area contributed by atoms with Gasteiger partial charge in [-0.15, -0.1) is 0 Å². The van der Waals surface area contributed by atoms with E-state index in [2.05, 4.69) is 0 Å². The lowest BCUT2D eigenvalue weighted by molar-refractivity contribution is -0.384. The summed E-state index contributed by atoms with van der Waals surface area (Å²) in [5.74, 6) is 0. The van der Waals surface area contributed by atoms with Gasteiger partial charge in [-0.25, -0.2) is 0 Å². The quantitative estimate of drug-likeness (QED) is 0.211. The predicted octanol–water partition coefficient (Wildman–Crippen LogP) is 4.96. The first-order valence-electron chi connectivity index (χ1n) is 11.0. The molecule has 34 heavy (non-hydrogen) atoms. The molecule has 0 aliphatic carbocycles. The summed E-state index contributed by atoms with van der Waals surface area (Å²) >= 11 is 0. The molecule has 0 saturated heterocycles. The van der Waals surface area contributed by atoms with Crippen molar-refractivity contribution in [1.82, 2.24) is 0 Å². The van der Waals surface area contributed by atoms with Gasteiger partial charge in [-0.05, 0) is 34.4 Å². The van der Waals surface area contributed by atoms with E-state index in [-0.39, 0.29) is 12.3 Å². The first-order valence-corrected chi connectivity index (χ1v) is 11.0. The van der Waals surface area contributed by atoms with E-state index in [1.165, 1.54) is 24.3 Å². The molecule has 172 valence electrons. The van der Waals surface area contributed by atoms with Gasteiger partial charge in [0, 0.05) is 12.1 Å². The van der Waals surface area contributed by atoms with Gasteiger partial charge < -0.3 is 15.6 Å². The highest BCUT2D eigenvalue weighted by Gasteiger charge is 2.38. The molecule has 0 bridgehead atoms. The molecule has 3 N–H and O–H groups in total. The number of benzene rings is 4. The summed E-state index contributed by atoms with van der Waals surface area (Å²) in [6.45, 7) is 0.0385. The molecule has 0 aliphatic rings. The Bertz CT molecular complexity index is 1100. The Kier molecular flexibility index (Phi) is 7.13. The van der Waals surface area contributed by atoms with Gasteiger partial charge in [-0.1, -0.05) is 91.0 Å². The Labute approximate surface area is 198 Å². The van der Waals surface area contributed by atoms with Crippen molar-refractivity contribution in [2.45, 2.75) is 17.7 Å². The maximum absolute atomic E-state index is 10.9. The number of ether oxygens (including phenoxy) is 1. The minimum absolute atomic E-state index is 0.0385. The van der Waals surface area contributed by atoms with Crippen LogP contribution >= 0.6 is 0 Å². The topological polar surface area (TPSA) is 98.6 Å². The van der Waals surface area contributed by atoms with Crippen LogP contribution in [0.15, 0.2) is 115 Å². The normalized spacial score (nSPS) is 13.2. The number of aliphatic hydroxyl groups is 1. The average Bonchev–Trinajstić information content (AvgIpc) is 2.90. The second-order valence-electron chi connectivity index (χ2n) is 8.05. The van der Waals surface area contributed by atoms with Crippen LogP contribution in [0.5, 0.6) is 0 Å². The number of aliphatic hydroxyl groups excluding tert-OH is 1. The Morgan fingerprint density at radius 2 is 1.18 bits per heavy atom. The van der Waals surface area contributed by atoms with Crippen molar-refractivity contribution in [3.63, 3.8) is 0 Å². The highest BCUT2D eigenvalue weighted by Crippen LogP contribution is 2.40. The van der Waals surface area contributed by atoms with E-state index in [0.29, 0.717) is 5.56 Å². The molecule has 0 spiro atoms. The summed E-state index contributed by atoms with van der Waals surface area (Å²) in [6, 6.07) is 34.7. The average molecular weight is 455 g/mol. The first-order chi connectivity index (χ1) is 16.5. The molecule has 4 aromatic rings. The lowest BCUT2D eigenvalue weighted by Gasteiger charge is -2.37. The second-order valence-corrected chi connectivity index (χ2v) is 8.05. The second kappa shape index (κ2) is 10.4. The van der Waals surface area contributed by atoms with E-state index in [0.717, 1.165) is 16.7 Å². The molecule has 4 aromatic carbocycles. The molecule has 2 atom stereocenters. The fourth-order valence-electron chi connectivity index (χ4n) is 4.12. The number of nitro groups is 1. The van der Waals surface area contributed by atoms with Crippen LogP contribution in [0.25, 0.3) is 0 Å². The Hall–Kier alpha value is -3.84. The Balaban J connectivity index is 1.69. The van der Waals surface area contributed by atoms with Crippen molar-refractivity contribution in [3.05, 3.63) is 148 Å². The maximum Gasteiger partial charge on any atom is 0.269 e. The number of nitro benzene ring substituents is 1. The summed E-state index contributed by atoms with van der Waals surface area (Å²) in [4.78, 5) is 10.5.